The summed E-state index contributed by atoms with van der Waals surface area (Å²) in [4.78, 5) is 0. The molecule has 18 heavy (non-hydrogen) atoms. The monoisotopic (exact) mass is 265 g/mol. The smallest absolute Gasteiger partial charge is 0.122 e. The lowest BCUT2D eigenvalue weighted by Crippen LogP contribution is -2.28. The quantitative estimate of drug-likeness (QED) is 0.819. The Kier molecular flexibility index (Phi) is 5.39. The van der Waals surface area contributed by atoms with Crippen LogP contribution in [-0.2, 0) is 12.8 Å². The molecule has 0 aliphatic carbocycles. The average Bonchev–Trinajstić information content (AvgIpc) is 2.83. The molecule has 3 heteroatoms. The van der Waals surface area contributed by atoms with E-state index in [9.17, 15) is 0 Å². The lowest BCUT2D eigenvalue weighted by atomic mass is 10.1. The number of hydrogen-bond acceptors (Lipinski definition) is 3. The maximum absolute atomic E-state index is 5.52. The van der Waals surface area contributed by atoms with Crippen LogP contribution in [0.4, 0.5) is 0 Å². The van der Waals surface area contributed by atoms with E-state index < -0.39 is 0 Å². The Labute approximate surface area is 114 Å². The van der Waals surface area contributed by atoms with Crippen molar-refractivity contribution in [3.63, 3.8) is 0 Å². The van der Waals surface area contributed by atoms with Crippen LogP contribution in [-0.4, -0.2) is 31.2 Å². The summed E-state index contributed by atoms with van der Waals surface area (Å²) in [5.74, 6) is 2.32. The molecule has 1 aromatic carbocycles. The van der Waals surface area contributed by atoms with Crippen molar-refractivity contribution in [2.75, 3.05) is 25.2 Å². The van der Waals surface area contributed by atoms with Crippen LogP contribution in [0.2, 0.25) is 0 Å². The number of benzene rings is 1. The van der Waals surface area contributed by atoms with E-state index in [1.165, 1.54) is 23.3 Å². The Morgan fingerprint density at radius 1 is 1.44 bits per heavy atom. The van der Waals surface area contributed by atoms with Crippen LogP contribution >= 0.6 is 11.8 Å². The van der Waals surface area contributed by atoms with Crippen molar-refractivity contribution in [2.24, 2.45) is 0 Å². The molecule has 1 unspecified atom stereocenters. The number of fused-ring (bicyclic) bond motifs is 1. The van der Waals surface area contributed by atoms with E-state index in [0.29, 0.717) is 6.04 Å². The molecule has 1 aromatic rings. The maximum Gasteiger partial charge on any atom is 0.122 e. The molecule has 1 aliphatic rings. The molecule has 0 radical (unpaired) electrons. The van der Waals surface area contributed by atoms with E-state index in [1.807, 2.05) is 11.8 Å². The van der Waals surface area contributed by atoms with Gasteiger partial charge in [-0.2, -0.15) is 11.8 Å². The Morgan fingerprint density at radius 3 is 3.17 bits per heavy atom. The van der Waals surface area contributed by atoms with Gasteiger partial charge in [-0.3, -0.25) is 0 Å². The molecule has 0 fully saturated rings. The molecule has 0 bridgehead atoms. The summed E-state index contributed by atoms with van der Waals surface area (Å²) in [6.07, 6.45) is 5.59. The molecular formula is C15H23NOS. The van der Waals surface area contributed by atoms with E-state index >= 15 is 0 Å². The molecular weight excluding hydrogens is 242 g/mol. The molecule has 1 aliphatic heterocycles. The van der Waals surface area contributed by atoms with Gasteiger partial charge in [0.15, 0.2) is 0 Å². The first-order valence-corrected chi connectivity index (χ1v) is 8.16. The van der Waals surface area contributed by atoms with Crippen LogP contribution in [0.3, 0.4) is 0 Å². The number of nitrogens with one attached hydrogen (secondary N) is 1. The molecule has 0 amide bonds. The van der Waals surface area contributed by atoms with Crippen LogP contribution in [0.25, 0.3) is 0 Å². The highest BCUT2D eigenvalue weighted by atomic mass is 32.2. The topological polar surface area (TPSA) is 21.3 Å². The van der Waals surface area contributed by atoms with Gasteiger partial charge in [-0.1, -0.05) is 12.1 Å². The number of rotatable bonds is 7. The highest BCUT2D eigenvalue weighted by Crippen LogP contribution is 2.25. The first-order chi connectivity index (χ1) is 8.79. The highest BCUT2D eigenvalue weighted by molar-refractivity contribution is 7.98. The zero-order valence-electron chi connectivity index (χ0n) is 11.4. The Balaban J connectivity index is 1.73. The summed E-state index contributed by atoms with van der Waals surface area (Å²) in [7, 11) is 0. The Bertz CT molecular complexity index is 381. The molecule has 0 aromatic heterocycles. The van der Waals surface area contributed by atoms with E-state index in [-0.39, 0.29) is 0 Å². The minimum absolute atomic E-state index is 0.621. The van der Waals surface area contributed by atoms with Crippen molar-refractivity contribution in [3.05, 3.63) is 29.3 Å². The molecule has 1 N–H and O–H groups in total. The SMILES string of the molecule is CSCCC(C)NCCc1ccc2c(c1)CCO2. The van der Waals surface area contributed by atoms with Gasteiger partial charge in [-0.05, 0) is 55.5 Å². The molecule has 2 rings (SSSR count). The predicted octanol–water partition coefficient (Wildman–Crippen LogP) is 2.90. The summed E-state index contributed by atoms with van der Waals surface area (Å²) < 4.78 is 5.52. The summed E-state index contributed by atoms with van der Waals surface area (Å²) in [5, 5.41) is 3.59. The average molecular weight is 265 g/mol. The highest BCUT2D eigenvalue weighted by Gasteiger charge is 2.11. The van der Waals surface area contributed by atoms with Gasteiger partial charge in [0.1, 0.15) is 5.75 Å². The summed E-state index contributed by atoms with van der Waals surface area (Å²) in [6.45, 7) is 4.19. The van der Waals surface area contributed by atoms with Gasteiger partial charge >= 0.3 is 0 Å². The van der Waals surface area contributed by atoms with Crippen molar-refractivity contribution < 1.29 is 4.74 Å². The van der Waals surface area contributed by atoms with Crippen LogP contribution in [0.5, 0.6) is 5.75 Å². The van der Waals surface area contributed by atoms with Crippen LogP contribution in [0.15, 0.2) is 18.2 Å². The van der Waals surface area contributed by atoms with Crippen molar-refractivity contribution in [1.82, 2.24) is 5.32 Å². The number of hydrogen-bond donors (Lipinski definition) is 1. The lowest BCUT2D eigenvalue weighted by molar-refractivity contribution is 0.357. The fourth-order valence-corrected chi connectivity index (χ4v) is 2.84. The van der Waals surface area contributed by atoms with Crippen molar-refractivity contribution in [2.45, 2.75) is 32.2 Å². The molecule has 0 saturated carbocycles. The zero-order valence-corrected chi connectivity index (χ0v) is 12.2. The van der Waals surface area contributed by atoms with Gasteiger partial charge in [0.25, 0.3) is 0 Å². The zero-order chi connectivity index (χ0) is 12.8. The van der Waals surface area contributed by atoms with Gasteiger partial charge in [-0.15, -0.1) is 0 Å². The molecule has 0 spiro atoms. The minimum atomic E-state index is 0.621. The van der Waals surface area contributed by atoms with E-state index in [2.05, 4.69) is 36.7 Å². The number of ether oxygens (including phenoxy) is 1. The second kappa shape index (κ2) is 7.05. The third-order valence-electron chi connectivity index (χ3n) is 3.42. The third-order valence-corrected chi connectivity index (χ3v) is 4.06. The largest absolute Gasteiger partial charge is 0.493 e. The van der Waals surface area contributed by atoms with Crippen LogP contribution in [0, 0.1) is 0 Å². The Morgan fingerprint density at radius 2 is 2.33 bits per heavy atom. The summed E-state index contributed by atoms with van der Waals surface area (Å²) in [5.41, 5.74) is 2.80. The maximum atomic E-state index is 5.52. The van der Waals surface area contributed by atoms with Crippen molar-refractivity contribution >= 4 is 11.8 Å². The molecule has 1 heterocycles. The first-order valence-electron chi connectivity index (χ1n) is 6.76. The third kappa shape index (κ3) is 3.92. The first kappa shape index (κ1) is 13.8. The van der Waals surface area contributed by atoms with E-state index in [0.717, 1.165) is 31.7 Å². The molecule has 0 saturated heterocycles. The summed E-state index contributed by atoms with van der Waals surface area (Å²) in [6, 6.07) is 7.24. The number of thioether (sulfide) groups is 1. The normalized spacial score (nSPS) is 15.2. The van der Waals surface area contributed by atoms with E-state index in [4.69, 9.17) is 4.74 Å². The molecule has 1 atom stereocenters. The van der Waals surface area contributed by atoms with Gasteiger partial charge in [0, 0.05) is 12.5 Å². The summed E-state index contributed by atoms with van der Waals surface area (Å²) >= 11 is 1.92. The lowest BCUT2D eigenvalue weighted by Gasteiger charge is -2.13. The van der Waals surface area contributed by atoms with Gasteiger partial charge in [0.2, 0.25) is 0 Å². The second-order valence-electron chi connectivity index (χ2n) is 4.93. The minimum Gasteiger partial charge on any atom is -0.493 e. The molecule has 100 valence electrons. The fraction of sp³-hybridized carbons (Fsp3) is 0.600. The van der Waals surface area contributed by atoms with Gasteiger partial charge < -0.3 is 10.1 Å². The Hall–Kier alpha value is -0.670. The standard InChI is InChI=1S/C15H23NOS/c1-12(7-10-18-2)16-8-5-13-3-4-15-14(11-13)6-9-17-15/h3-4,11-12,16H,5-10H2,1-2H3. The van der Waals surface area contributed by atoms with Gasteiger partial charge in [0.05, 0.1) is 6.61 Å². The van der Waals surface area contributed by atoms with Gasteiger partial charge in [-0.25, -0.2) is 0 Å². The van der Waals surface area contributed by atoms with Crippen molar-refractivity contribution in [3.8, 4) is 5.75 Å². The molecule has 2 nitrogen and oxygen atoms in total. The van der Waals surface area contributed by atoms with Crippen molar-refractivity contribution in [1.29, 1.82) is 0 Å². The van der Waals surface area contributed by atoms with Crippen LogP contribution in [0.1, 0.15) is 24.5 Å². The predicted molar refractivity (Wildman–Crippen MR) is 79.8 cm³/mol. The second-order valence-corrected chi connectivity index (χ2v) is 5.91. The van der Waals surface area contributed by atoms with Crippen LogP contribution < -0.4 is 10.1 Å². The fourth-order valence-electron chi connectivity index (χ4n) is 2.26. The van der Waals surface area contributed by atoms with E-state index in [1.54, 1.807) is 0 Å².